The molecule has 0 radical (unpaired) electrons. The van der Waals surface area contributed by atoms with Gasteiger partial charge >= 0.3 is 0 Å². The van der Waals surface area contributed by atoms with E-state index in [4.69, 9.17) is 11.6 Å². The van der Waals surface area contributed by atoms with Crippen LogP contribution in [0.1, 0.15) is 19.3 Å². The van der Waals surface area contributed by atoms with E-state index in [9.17, 15) is 0 Å². The van der Waals surface area contributed by atoms with E-state index in [1.807, 2.05) is 18.2 Å². The molecule has 16 heavy (non-hydrogen) atoms. The molecule has 1 nitrogen and oxygen atoms in total. The highest BCUT2D eigenvalue weighted by molar-refractivity contribution is 9.10. The van der Waals surface area contributed by atoms with Crippen molar-refractivity contribution in [3.63, 3.8) is 0 Å². The minimum absolute atomic E-state index is 0.757. The minimum atomic E-state index is 0.757. The molecule has 1 aromatic rings. The molecule has 1 N–H and O–H groups in total. The Labute approximate surface area is 110 Å². The van der Waals surface area contributed by atoms with Crippen molar-refractivity contribution < 1.29 is 0 Å². The van der Waals surface area contributed by atoms with Gasteiger partial charge in [0.05, 0.1) is 0 Å². The van der Waals surface area contributed by atoms with Crippen LogP contribution < -0.4 is 5.32 Å². The van der Waals surface area contributed by atoms with Gasteiger partial charge in [-0.1, -0.05) is 23.8 Å². The molecule has 0 saturated heterocycles. The summed E-state index contributed by atoms with van der Waals surface area (Å²) in [6.45, 7) is 1.03. The third kappa shape index (κ3) is 3.26. The fraction of sp³-hybridized carbons (Fsp3) is 0.385. The fourth-order valence-electron chi connectivity index (χ4n) is 1.93. The zero-order valence-corrected chi connectivity index (χ0v) is 11.4. The van der Waals surface area contributed by atoms with Gasteiger partial charge in [-0.05, 0) is 59.3 Å². The molecule has 1 aliphatic rings. The maximum atomic E-state index is 5.90. The fourth-order valence-corrected chi connectivity index (χ4v) is 2.75. The number of hydrogen-bond donors (Lipinski definition) is 1. The van der Waals surface area contributed by atoms with E-state index < -0.39 is 0 Å². The molecule has 0 saturated carbocycles. The number of anilines is 1. The van der Waals surface area contributed by atoms with E-state index in [0.717, 1.165) is 27.6 Å². The van der Waals surface area contributed by atoms with Crippen LogP contribution in [-0.4, -0.2) is 6.54 Å². The van der Waals surface area contributed by atoms with Crippen molar-refractivity contribution in [3.05, 3.63) is 39.8 Å². The average Bonchev–Trinajstić information content (AvgIpc) is 2.29. The number of hydrogen-bond acceptors (Lipinski definition) is 1. The van der Waals surface area contributed by atoms with Gasteiger partial charge in [0, 0.05) is 21.7 Å². The summed E-state index contributed by atoms with van der Waals surface area (Å²) in [4.78, 5) is 0. The van der Waals surface area contributed by atoms with Crippen LogP contribution in [0.5, 0.6) is 0 Å². The molecule has 1 aliphatic carbocycles. The molecule has 0 aromatic heterocycles. The lowest BCUT2D eigenvalue weighted by Gasteiger charge is -2.19. The Bertz CT molecular complexity index is 390. The van der Waals surface area contributed by atoms with E-state index in [0.29, 0.717) is 0 Å². The van der Waals surface area contributed by atoms with Crippen LogP contribution in [0.25, 0.3) is 0 Å². The summed E-state index contributed by atoms with van der Waals surface area (Å²) in [5.74, 6) is 0.757. The lowest BCUT2D eigenvalue weighted by Crippen LogP contribution is -2.15. The molecule has 0 spiro atoms. The second-order valence-electron chi connectivity index (χ2n) is 4.16. The van der Waals surface area contributed by atoms with Crippen molar-refractivity contribution >= 4 is 33.2 Å². The Morgan fingerprint density at radius 1 is 1.38 bits per heavy atom. The normalized spacial score (nSPS) is 19.8. The van der Waals surface area contributed by atoms with Gasteiger partial charge in [-0.25, -0.2) is 0 Å². The first-order chi connectivity index (χ1) is 7.75. The summed E-state index contributed by atoms with van der Waals surface area (Å²) in [7, 11) is 0. The summed E-state index contributed by atoms with van der Waals surface area (Å²) in [5, 5.41) is 4.23. The largest absolute Gasteiger partial charge is 0.384 e. The Kier molecular flexibility index (Phi) is 4.30. The summed E-state index contributed by atoms with van der Waals surface area (Å²) < 4.78 is 1.03. The van der Waals surface area contributed by atoms with Crippen molar-refractivity contribution in [1.29, 1.82) is 0 Å². The third-order valence-corrected chi connectivity index (χ3v) is 3.78. The van der Waals surface area contributed by atoms with E-state index in [-0.39, 0.29) is 0 Å². The molecule has 0 bridgehead atoms. The van der Waals surface area contributed by atoms with E-state index in [1.54, 1.807) is 0 Å². The van der Waals surface area contributed by atoms with Gasteiger partial charge < -0.3 is 5.32 Å². The second kappa shape index (κ2) is 5.74. The first kappa shape index (κ1) is 12.0. The van der Waals surface area contributed by atoms with Crippen LogP contribution in [0.3, 0.4) is 0 Å². The maximum Gasteiger partial charge on any atom is 0.0485 e. The van der Waals surface area contributed by atoms with E-state index in [2.05, 4.69) is 33.4 Å². The highest BCUT2D eigenvalue weighted by atomic mass is 79.9. The molecule has 1 unspecified atom stereocenters. The first-order valence-corrected chi connectivity index (χ1v) is 6.77. The van der Waals surface area contributed by atoms with Gasteiger partial charge in [-0.2, -0.15) is 0 Å². The van der Waals surface area contributed by atoms with E-state index in [1.165, 1.54) is 19.3 Å². The Morgan fingerprint density at radius 2 is 2.25 bits per heavy atom. The van der Waals surface area contributed by atoms with Gasteiger partial charge in [0.2, 0.25) is 0 Å². The van der Waals surface area contributed by atoms with Crippen LogP contribution in [0.15, 0.2) is 34.8 Å². The Morgan fingerprint density at radius 3 is 2.94 bits per heavy atom. The monoisotopic (exact) mass is 299 g/mol. The molecule has 0 heterocycles. The third-order valence-electron chi connectivity index (χ3n) is 2.89. The van der Waals surface area contributed by atoms with Crippen LogP contribution in [0, 0.1) is 5.92 Å². The second-order valence-corrected chi connectivity index (χ2v) is 5.45. The standard InChI is InChI=1S/C13H15BrClN/c14-12-8-11(15)6-7-13(12)16-9-10-4-2-1-3-5-10/h1-2,6-8,10,16H,3-5,9H2. The number of rotatable bonds is 3. The highest BCUT2D eigenvalue weighted by Gasteiger charge is 2.10. The van der Waals surface area contributed by atoms with Crippen molar-refractivity contribution in [2.75, 3.05) is 11.9 Å². The van der Waals surface area contributed by atoms with Crippen LogP contribution in [0.4, 0.5) is 5.69 Å². The van der Waals surface area contributed by atoms with Crippen LogP contribution in [0.2, 0.25) is 5.02 Å². The number of halogens is 2. The highest BCUT2D eigenvalue weighted by Crippen LogP contribution is 2.27. The molecule has 1 aromatic carbocycles. The SMILES string of the molecule is Clc1ccc(NCC2CC=CCC2)c(Br)c1. The molecule has 0 amide bonds. The number of benzene rings is 1. The van der Waals surface area contributed by atoms with Gasteiger partial charge in [0.15, 0.2) is 0 Å². The van der Waals surface area contributed by atoms with Gasteiger partial charge in [-0.3, -0.25) is 0 Å². The van der Waals surface area contributed by atoms with Crippen molar-refractivity contribution in [3.8, 4) is 0 Å². The molecule has 0 fully saturated rings. The summed E-state index contributed by atoms with van der Waals surface area (Å²) >= 11 is 9.41. The summed E-state index contributed by atoms with van der Waals surface area (Å²) in [5.41, 5.74) is 1.12. The zero-order chi connectivity index (χ0) is 11.4. The lowest BCUT2D eigenvalue weighted by atomic mass is 9.94. The van der Waals surface area contributed by atoms with Gasteiger partial charge in [-0.15, -0.1) is 0 Å². The van der Waals surface area contributed by atoms with Crippen molar-refractivity contribution in [1.82, 2.24) is 0 Å². The molecule has 3 heteroatoms. The minimum Gasteiger partial charge on any atom is -0.384 e. The summed E-state index contributed by atoms with van der Waals surface area (Å²) in [6.07, 6.45) is 8.25. The number of nitrogens with one attached hydrogen (secondary N) is 1. The topological polar surface area (TPSA) is 12.0 Å². The van der Waals surface area contributed by atoms with Gasteiger partial charge in [0.25, 0.3) is 0 Å². The summed E-state index contributed by atoms with van der Waals surface area (Å²) in [6, 6.07) is 5.85. The quantitative estimate of drug-likeness (QED) is 0.785. The van der Waals surface area contributed by atoms with Crippen LogP contribution in [-0.2, 0) is 0 Å². The smallest absolute Gasteiger partial charge is 0.0485 e. The Balaban J connectivity index is 1.91. The molecule has 86 valence electrons. The zero-order valence-electron chi connectivity index (χ0n) is 9.05. The molecule has 2 rings (SSSR count). The molecular weight excluding hydrogens is 286 g/mol. The lowest BCUT2D eigenvalue weighted by molar-refractivity contribution is 0.504. The van der Waals surface area contributed by atoms with E-state index >= 15 is 0 Å². The predicted molar refractivity (Wildman–Crippen MR) is 74.1 cm³/mol. The molecule has 0 aliphatic heterocycles. The number of allylic oxidation sites excluding steroid dienone is 2. The molecular formula is C13H15BrClN. The molecule has 1 atom stereocenters. The van der Waals surface area contributed by atoms with Crippen molar-refractivity contribution in [2.24, 2.45) is 5.92 Å². The Hall–Kier alpha value is -0.470. The maximum absolute atomic E-state index is 5.90. The predicted octanol–water partition coefficient (Wildman–Crippen LogP) is 4.87. The first-order valence-electron chi connectivity index (χ1n) is 5.59. The van der Waals surface area contributed by atoms with Gasteiger partial charge in [0.1, 0.15) is 0 Å². The average molecular weight is 301 g/mol. The van der Waals surface area contributed by atoms with Crippen molar-refractivity contribution in [2.45, 2.75) is 19.3 Å². The van der Waals surface area contributed by atoms with Crippen LogP contribution >= 0.6 is 27.5 Å².